The van der Waals surface area contributed by atoms with E-state index < -0.39 is 10.0 Å². The van der Waals surface area contributed by atoms with Gasteiger partial charge in [-0.1, -0.05) is 6.92 Å². The summed E-state index contributed by atoms with van der Waals surface area (Å²) in [7, 11) is 0.402. The summed E-state index contributed by atoms with van der Waals surface area (Å²) in [5.74, 6) is 0. The van der Waals surface area contributed by atoms with Crippen LogP contribution in [0.15, 0.2) is 40.6 Å². The van der Waals surface area contributed by atoms with Crippen LogP contribution in [0.1, 0.15) is 11.8 Å². The van der Waals surface area contributed by atoms with Gasteiger partial charge in [0, 0.05) is 30.3 Å². The first-order valence-corrected chi connectivity index (χ1v) is 8.61. The summed E-state index contributed by atoms with van der Waals surface area (Å²) in [5, 5.41) is 0. The zero-order chi connectivity index (χ0) is 14.8. The zero-order valence-electron chi connectivity index (χ0n) is 11.8. The van der Waals surface area contributed by atoms with Gasteiger partial charge >= 0.3 is 0 Å². The Labute approximate surface area is 124 Å². The average Bonchev–Trinajstić information content (AvgIpc) is 2.88. The molecule has 0 unspecified atom stereocenters. The van der Waals surface area contributed by atoms with E-state index in [1.165, 1.54) is 11.3 Å². The van der Waals surface area contributed by atoms with Gasteiger partial charge in [-0.15, -0.1) is 11.3 Å². The molecule has 1 aromatic heterocycles. The molecule has 6 heteroatoms. The van der Waals surface area contributed by atoms with Gasteiger partial charge in [-0.2, -0.15) is 0 Å². The molecule has 0 saturated carbocycles. The van der Waals surface area contributed by atoms with E-state index >= 15 is 0 Å². The summed E-state index contributed by atoms with van der Waals surface area (Å²) in [6.07, 6.45) is 0.845. The standard InChI is InChI=1S/C14H18N2O2S2/c1-4-13-9-10-14(19-13)20(17,18)15-11-5-7-12(8-6-11)16(2)3/h5-10,15H,4H2,1-3H3. The molecule has 0 aliphatic heterocycles. The Bertz CT molecular complexity index is 673. The van der Waals surface area contributed by atoms with Crippen LogP contribution in [0.4, 0.5) is 11.4 Å². The molecule has 20 heavy (non-hydrogen) atoms. The van der Waals surface area contributed by atoms with Gasteiger partial charge in [-0.25, -0.2) is 8.42 Å². The lowest BCUT2D eigenvalue weighted by Gasteiger charge is -2.13. The molecular formula is C14H18N2O2S2. The van der Waals surface area contributed by atoms with Crippen molar-refractivity contribution in [1.29, 1.82) is 0 Å². The second kappa shape index (κ2) is 5.85. The minimum atomic E-state index is -3.48. The minimum absolute atomic E-state index is 0.353. The summed E-state index contributed by atoms with van der Waals surface area (Å²) < 4.78 is 27.4. The average molecular weight is 310 g/mol. The van der Waals surface area contributed by atoms with Crippen molar-refractivity contribution in [2.45, 2.75) is 17.6 Å². The van der Waals surface area contributed by atoms with Gasteiger partial charge in [0.1, 0.15) is 4.21 Å². The topological polar surface area (TPSA) is 49.4 Å². The normalized spacial score (nSPS) is 11.3. The van der Waals surface area contributed by atoms with Crippen molar-refractivity contribution in [3.8, 4) is 0 Å². The van der Waals surface area contributed by atoms with Gasteiger partial charge in [0.05, 0.1) is 0 Å². The van der Waals surface area contributed by atoms with E-state index in [-0.39, 0.29) is 0 Å². The van der Waals surface area contributed by atoms with E-state index in [0.29, 0.717) is 9.90 Å². The van der Waals surface area contributed by atoms with E-state index in [2.05, 4.69) is 4.72 Å². The highest BCUT2D eigenvalue weighted by molar-refractivity contribution is 7.94. The highest BCUT2D eigenvalue weighted by atomic mass is 32.2. The SMILES string of the molecule is CCc1ccc(S(=O)(=O)Nc2ccc(N(C)C)cc2)s1. The van der Waals surface area contributed by atoms with Crippen molar-refractivity contribution in [3.05, 3.63) is 41.3 Å². The molecule has 0 saturated heterocycles. The van der Waals surface area contributed by atoms with Crippen LogP contribution in [0.25, 0.3) is 0 Å². The molecule has 2 aromatic rings. The molecule has 2 rings (SSSR count). The number of thiophene rings is 1. The number of hydrogen-bond donors (Lipinski definition) is 1. The fourth-order valence-corrected chi connectivity index (χ4v) is 4.08. The lowest BCUT2D eigenvalue weighted by atomic mass is 10.3. The first-order chi connectivity index (χ1) is 9.42. The maximum atomic E-state index is 12.2. The van der Waals surface area contributed by atoms with E-state index in [0.717, 1.165) is 17.0 Å². The Morgan fingerprint density at radius 1 is 1.10 bits per heavy atom. The summed E-state index contributed by atoms with van der Waals surface area (Å²) in [6, 6.07) is 10.8. The summed E-state index contributed by atoms with van der Waals surface area (Å²) in [6.45, 7) is 2.01. The Kier molecular flexibility index (Phi) is 4.35. The molecule has 0 spiro atoms. The van der Waals surface area contributed by atoms with Gasteiger partial charge in [0.25, 0.3) is 10.0 Å². The molecule has 0 amide bonds. The van der Waals surface area contributed by atoms with Crippen molar-refractivity contribution in [2.75, 3.05) is 23.7 Å². The molecule has 1 heterocycles. The lowest BCUT2D eigenvalue weighted by molar-refractivity contribution is 0.603. The Balaban J connectivity index is 2.19. The van der Waals surface area contributed by atoms with Crippen LogP contribution in [0.2, 0.25) is 0 Å². The molecule has 0 fully saturated rings. The number of benzene rings is 1. The van der Waals surface area contributed by atoms with Crippen LogP contribution in [0, 0.1) is 0 Å². The quantitative estimate of drug-likeness (QED) is 0.923. The van der Waals surface area contributed by atoms with Crippen molar-refractivity contribution in [3.63, 3.8) is 0 Å². The number of nitrogens with zero attached hydrogens (tertiary/aromatic N) is 1. The fraction of sp³-hybridized carbons (Fsp3) is 0.286. The van der Waals surface area contributed by atoms with Crippen molar-refractivity contribution >= 4 is 32.7 Å². The van der Waals surface area contributed by atoms with Gasteiger partial charge in [0.2, 0.25) is 0 Å². The van der Waals surface area contributed by atoms with Crippen molar-refractivity contribution < 1.29 is 8.42 Å². The summed E-state index contributed by atoms with van der Waals surface area (Å²) in [4.78, 5) is 3.03. The third-order valence-electron chi connectivity index (χ3n) is 2.89. The van der Waals surface area contributed by atoms with Gasteiger partial charge in [-0.05, 0) is 42.8 Å². The lowest BCUT2D eigenvalue weighted by Crippen LogP contribution is -2.12. The predicted octanol–water partition coefficient (Wildman–Crippen LogP) is 3.18. The van der Waals surface area contributed by atoms with E-state index in [1.807, 2.05) is 44.1 Å². The fourth-order valence-electron chi connectivity index (χ4n) is 1.73. The van der Waals surface area contributed by atoms with E-state index in [1.54, 1.807) is 18.2 Å². The van der Waals surface area contributed by atoms with Crippen LogP contribution in [0.5, 0.6) is 0 Å². The smallest absolute Gasteiger partial charge is 0.271 e. The minimum Gasteiger partial charge on any atom is -0.378 e. The van der Waals surface area contributed by atoms with Crippen LogP contribution >= 0.6 is 11.3 Å². The molecule has 0 aliphatic rings. The maximum absolute atomic E-state index is 12.2. The van der Waals surface area contributed by atoms with Crippen LogP contribution in [0.3, 0.4) is 0 Å². The predicted molar refractivity (Wildman–Crippen MR) is 85.3 cm³/mol. The van der Waals surface area contributed by atoms with Gasteiger partial charge in [0.15, 0.2) is 0 Å². The Morgan fingerprint density at radius 3 is 2.25 bits per heavy atom. The Morgan fingerprint density at radius 2 is 1.75 bits per heavy atom. The largest absolute Gasteiger partial charge is 0.378 e. The number of anilines is 2. The van der Waals surface area contributed by atoms with Gasteiger partial charge in [-0.3, -0.25) is 4.72 Å². The van der Waals surface area contributed by atoms with Crippen LogP contribution < -0.4 is 9.62 Å². The molecule has 1 aromatic carbocycles. The number of sulfonamides is 1. The molecule has 0 radical (unpaired) electrons. The second-order valence-corrected chi connectivity index (χ2v) is 7.70. The number of aryl methyl sites for hydroxylation is 1. The molecule has 0 atom stereocenters. The third kappa shape index (κ3) is 3.32. The maximum Gasteiger partial charge on any atom is 0.271 e. The number of hydrogen-bond acceptors (Lipinski definition) is 4. The zero-order valence-corrected chi connectivity index (χ0v) is 13.4. The first kappa shape index (κ1) is 14.9. The van der Waals surface area contributed by atoms with Crippen LogP contribution in [-0.4, -0.2) is 22.5 Å². The molecule has 1 N–H and O–H groups in total. The molecular weight excluding hydrogens is 292 g/mol. The number of nitrogens with one attached hydrogen (secondary N) is 1. The highest BCUT2D eigenvalue weighted by Crippen LogP contribution is 2.25. The second-order valence-electron chi connectivity index (χ2n) is 4.62. The third-order valence-corrected chi connectivity index (χ3v) is 5.99. The van der Waals surface area contributed by atoms with Crippen molar-refractivity contribution in [1.82, 2.24) is 0 Å². The van der Waals surface area contributed by atoms with Crippen LogP contribution in [-0.2, 0) is 16.4 Å². The van der Waals surface area contributed by atoms with Gasteiger partial charge < -0.3 is 4.90 Å². The van der Waals surface area contributed by atoms with E-state index in [4.69, 9.17) is 0 Å². The monoisotopic (exact) mass is 310 g/mol. The van der Waals surface area contributed by atoms with Crippen molar-refractivity contribution in [2.24, 2.45) is 0 Å². The highest BCUT2D eigenvalue weighted by Gasteiger charge is 2.16. The molecule has 108 valence electrons. The van der Waals surface area contributed by atoms with E-state index in [9.17, 15) is 8.42 Å². The first-order valence-electron chi connectivity index (χ1n) is 6.31. The Hall–Kier alpha value is -1.53. The molecule has 0 aliphatic carbocycles. The summed E-state index contributed by atoms with van der Waals surface area (Å²) >= 11 is 1.31. The molecule has 4 nitrogen and oxygen atoms in total. The molecule has 0 bridgehead atoms. The number of rotatable bonds is 5. The summed E-state index contributed by atoms with van der Waals surface area (Å²) in [5.41, 5.74) is 1.60.